The molecule has 0 aliphatic carbocycles. The average molecular weight is 836 g/mol. The zero-order chi connectivity index (χ0) is 43.7. The molecule has 2 unspecified atom stereocenters. The standard InChI is InChI=1S/C20H18FN5O3.C20H17FN4O3.2C2H6/c1-22-29-19(27)17-10-12-9-14(7-8-16(12)28-17)25-20-23-11-15(21)18(26-20)24-13-5-3-2-4-6-13;1-27-19(26)17-10-12-9-14(7-8-16(12)28-17)24-20-22-11-15(21)18(25-20)23-13-5-3-2-4-6-13;2*1-2/h2-9,11,17,22H,10H2,1H3,(H2,23,24,25,26);2-9,11,17H,10H2,1H3,(H2,22,23,24,25);2*1-2H3. The van der Waals surface area contributed by atoms with Crippen LogP contribution in [-0.4, -0.2) is 58.2 Å². The summed E-state index contributed by atoms with van der Waals surface area (Å²) < 4.78 is 44.0. The van der Waals surface area contributed by atoms with Gasteiger partial charge in [0.1, 0.15) is 11.5 Å². The van der Waals surface area contributed by atoms with E-state index in [1.807, 2.05) is 100 Å². The second-order valence-electron chi connectivity index (χ2n) is 12.4. The first kappa shape index (κ1) is 44.7. The molecule has 4 heterocycles. The van der Waals surface area contributed by atoms with Gasteiger partial charge in [-0.3, -0.25) is 0 Å². The maximum absolute atomic E-state index is 14.1. The van der Waals surface area contributed by atoms with Crippen molar-refractivity contribution in [1.82, 2.24) is 25.4 Å². The lowest BCUT2D eigenvalue weighted by Crippen LogP contribution is -2.31. The Morgan fingerprint density at radius 1 is 0.607 bits per heavy atom. The highest BCUT2D eigenvalue weighted by atomic mass is 19.1. The number of carbonyl (C=O) groups is 2. The number of halogens is 2. The minimum Gasteiger partial charge on any atom is -0.478 e. The predicted molar refractivity (Wildman–Crippen MR) is 229 cm³/mol. The molecule has 2 aliphatic rings. The van der Waals surface area contributed by atoms with Gasteiger partial charge in [0.05, 0.1) is 19.5 Å². The third-order valence-corrected chi connectivity index (χ3v) is 8.47. The second-order valence-corrected chi connectivity index (χ2v) is 12.4. The van der Waals surface area contributed by atoms with Crippen LogP contribution >= 0.6 is 0 Å². The van der Waals surface area contributed by atoms with E-state index in [-0.39, 0.29) is 23.5 Å². The number of nitrogens with zero attached hydrogens (tertiary/aromatic N) is 4. The van der Waals surface area contributed by atoms with Gasteiger partial charge >= 0.3 is 11.9 Å². The van der Waals surface area contributed by atoms with Crippen molar-refractivity contribution in [2.45, 2.75) is 52.7 Å². The molecule has 2 atom stereocenters. The minimum absolute atomic E-state index is 0.0630. The van der Waals surface area contributed by atoms with Crippen LogP contribution in [-0.2, 0) is 32.0 Å². The molecular formula is C44H47F2N9O6. The lowest BCUT2D eigenvalue weighted by Gasteiger charge is -2.10. The van der Waals surface area contributed by atoms with Gasteiger partial charge < -0.3 is 40.3 Å². The molecule has 0 bridgehead atoms. The van der Waals surface area contributed by atoms with Crippen molar-refractivity contribution in [2.24, 2.45) is 0 Å². The van der Waals surface area contributed by atoms with Crippen LogP contribution < -0.4 is 36.2 Å². The fourth-order valence-corrected chi connectivity index (χ4v) is 5.82. The van der Waals surface area contributed by atoms with Gasteiger partial charge in [0.2, 0.25) is 18.0 Å². The number of aromatic nitrogens is 4. The monoisotopic (exact) mass is 835 g/mol. The lowest BCUT2D eigenvalue weighted by molar-refractivity contribution is -0.157. The topological polar surface area (TPSA) is 183 Å². The number of ether oxygens (including phenoxy) is 3. The van der Waals surface area contributed by atoms with Gasteiger partial charge in [-0.05, 0) is 60.7 Å². The summed E-state index contributed by atoms with van der Waals surface area (Å²) in [5, 5.41) is 11.9. The summed E-state index contributed by atoms with van der Waals surface area (Å²) in [6.45, 7) is 8.00. The molecule has 0 saturated heterocycles. The number of hydroxylamine groups is 1. The van der Waals surface area contributed by atoms with Crippen LogP contribution in [0.5, 0.6) is 11.5 Å². The summed E-state index contributed by atoms with van der Waals surface area (Å²) in [6.07, 6.45) is 1.67. The number of benzene rings is 4. The number of hydrogen-bond acceptors (Lipinski definition) is 15. The number of anilines is 8. The average Bonchev–Trinajstić information content (AvgIpc) is 3.93. The van der Waals surface area contributed by atoms with Gasteiger partial charge in [-0.2, -0.15) is 15.4 Å². The quantitative estimate of drug-likeness (QED) is 0.0617. The van der Waals surface area contributed by atoms with Crippen LogP contribution in [0.2, 0.25) is 0 Å². The molecular weight excluding hydrogens is 789 g/mol. The summed E-state index contributed by atoms with van der Waals surface area (Å²) >= 11 is 0. The fraction of sp³-hybridized carbons (Fsp3) is 0.227. The lowest BCUT2D eigenvalue weighted by atomic mass is 10.1. The van der Waals surface area contributed by atoms with Gasteiger partial charge in [-0.1, -0.05) is 64.1 Å². The Bertz CT molecular complexity index is 2380. The van der Waals surface area contributed by atoms with Gasteiger partial charge in [0.25, 0.3) is 0 Å². The highest BCUT2D eigenvalue weighted by molar-refractivity contribution is 5.78. The van der Waals surface area contributed by atoms with Crippen LogP contribution in [0, 0.1) is 11.6 Å². The summed E-state index contributed by atoms with van der Waals surface area (Å²) in [5.74, 6) is -0.177. The van der Waals surface area contributed by atoms with Crippen molar-refractivity contribution in [2.75, 3.05) is 35.4 Å². The molecule has 4 aromatic carbocycles. The van der Waals surface area contributed by atoms with Crippen LogP contribution in [0.3, 0.4) is 0 Å². The van der Waals surface area contributed by atoms with Crippen LogP contribution in [0.4, 0.5) is 55.1 Å². The van der Waals surface area contributed by atoms with E-state index in [1.54, 1.807) is 24.3 Å². The zero-order valence-corrected chi connectivity index (χ0v) is 34.5. The molecule has 5 N–H and O–H groups in total. The number of para-hydroxylation sites is 2. The van der Waals surface area contributed by atoms with E-state index in [0.717, 1.165) is 29.2 Å². The van der Waals surface area contributed by atoms with Crippen LogP contribution in [0.15, 0.2) is 109 Å². The SMILES string of the molecule is CC.CC.CNOC(=O)C1Cc2cc(Nc3ncc(F)c(Nc4ccccc4)n3)ccc2O1.COC(=O)C1Cc2cc(Nc3ncc(F)c(Nc4ccccc4)n3)ccc2O1. The van der Waals surface area contributed by atoms with Crippen LogP contribution in [0.25, 0.3) is 0 Å². The van der Waals surface area contributed by atoms with E-state index in [2.05, 4.69) is 46.7 Å². The Morgan fingerprint density at radius 2 is 1.03 bits per heavy atom. The number of rotatable bonds is 11. The first-order valence-corrected chi connectivity index (χ1v) is 19.5. The summed E-state index contributed by atoms with van der Waals surface area (Å²) in [5.41, 5.74) is 6.88. The first-order chi connectivity index (χ1) is 29.7. The highest BCUT2D eigenvalue weighted by Gasteiger charge is 2.31. The second kappa shape index (κ2) is 22.1. The number of nitrogens with one attached hydrogen (secondary N) is 5. The van der Waals surface area contributed by atoms with Crippen molar-refractivity contribution in [1.29, 1.82) is 0 Å². The number of carbonyl (C=O) groups excluding carboxylic acids is 2. The van der Waals surface area contributed by atoms with Crippen molar-refractivity contribution in [3.05, 3.63) is 132 Å². The largest absolute Gasteiger partial charge is 0.478 e. The molecule has 0 fully saturated rings. The summed E-state index contributed by atoms with van der Waals surface area (Å²) in [6, 6.07) is 29.1. The van der Waals surface area contributed by atoms with Crippen molar-refractivity contribution < 1.29 is 37.4 Å². The molecule has 0 saturated carbocycles. The summed E-state index contributed by atoms with van der Waals surface area (Å²) in [7, 11) is 2.83. The van der Waals surface area contributed by atoms with E-state index < -0.39 is 35.8 Å². The molecule has 2 aromatic heterocycles. The molecule has 2 aliphatic heterocycles. The third-order valence-electron chi connectivity index (χ3n) is 8.47. The molecule has 0 radical (unpaired) electrons. The molecule has 6 aromatic rings. The predicted octanol–water partition coefficient (Wildman–Crippen LogP) is 8.72. The number of hydrogen-bond donors (Lipinski definition) is 5. The molecule has 17 heteroatoms. The number of methoxy groups -OCH3 is 1. The molecule has 0 amide bonds. The van der Waals surface area contributed by atoms with Crippen molar-refractivity contribution in [3.8, 4) is 11.5 Å². The normalized spacial score (nSPS) is 13.9. The Kier molecular flexibility index (Phi) is 16.2. The van der Waals surface area contributed by atoms with Gasteiger partial charge in [0.15, 0.2) is 29.4 Å². The van der Waals surface area contributed by atoms with Gasteiger partial charge in [-0.15, -0.1) is 0 Å². The molecule has 15 nitrogen and oxygen atoms in total. The van der Waals surface area contributed by atoms with E-state index in [0.29, 0.717) is 41.4 Å². The van der Waals surface area contributed by atoms with Crippen LogP contribution in [0.1, 0.15) is 38.8 Å². The highest BCUT2D eigenvalue weighted by Crippen LogP contribution is 2.34. The first-order valence-electron chi connectivity index (χ1n) is 19.5. The Labute approximate surface area is 352 Å². The zero-order valence-electron chi connectivity index (χ0n) is 34.5. The molecule has 61 heavy (non-hydrogen) atoms. The van der Waals surface area contributed by atoms with Crippen molar-refractivity contribution in [3.63, 3.8) is 0 Å². The Hall–Kier alpha value is -7.40. The molecule has 8 rings (SSSR count). The minimum atomic E-state index is -0.698. The molecule has 318 valence electrons. The summed E-state index contributed by atoms with van der Waals surface area (Å²) in [4.78, 5) is 44.6. The Balaban J connectivity index is 0.000000214. The van der Waals surface area contributed by atoms with E-state index in [4.69, 9.17) is 19.0 Å². The fourth-order valence-electron chi connectivity index (χ4n) is 5.82. The molecule has 0 spiro atoms. The van der Waals surface area contributed by atoms with Gasteiger partial charge in [-0.25, -0.2) is 28.3 Å². The van der Waals surface area contributed by atoms with Gasteiger partial charge in [0, 0.05) is 53.8 Å². The smallest absolute Gasteiger partial charge is 0.366 e. The number of esters is 1. The third kappa shape index (κ3) is 12.1. The van der Waals surface area contributed by atoms with E-state index in [9.17, 15) is 18.4 Å². The Morgan fingerprint density at radius 3 is 1.44 bits per heavy atom. The maximum atomic E-state index is 14.1. The van der Waals surface area contributed by atoms with E-state index in [1.165, 1.54) is 14.2 Å². The number of fused-ring (bicyclic) bond motifs is 2. The maximum Gasteiger partial charge on any atom is 0.366 e. The van der Waals surface area contributed by atoms with Crippen molar-refractivity contribution >= 4 is 58.2 Å². The van der Waals surface area contributed by atoms with E-state index >= 15 is 0 Å².